The fourth-order valence-electron chi connectivity index (χ4n) is 2.33. The summed E-state index contributed by atoms with van der Waals surface area (Å²) in [6, 6.07) is 4.98. The number of benzene rings is 1. The number of nitrogens with zero attached hydrogens (tertiary/aromatic N) is 1. The Labute approximate surface area is 116 Å². The van der Waals surface area contributed by atoms with E-state index in [1.165, 1.54) is 12.5 Å². The van der Waals surface area contributed by atoms with Crippen LogP contribution in [0, 0.1) is 5.92 Å². The van der Waals surface area contributed by atoms with E-state index in [1.54, 1.807) is 18.0 Å². The molecule has 0 N–H and O–H groups in total. The van der Waals surface area contributed by atoms with Crippen LogP contribution in [0.1, 0.15) is 30.4 Å². The summed E-state index contributed by atoms with van der Waals surface area (Å²) in [6.45, 7) is 0.706. The van der Waals surface area contributed by atoms with E-state index in [2.05, 4.69) is 0 Å². The number of amides is 1. The molecule has 0 unspecified atom stereocenters. The Kier molecular flexibility index (Phi) is 4.35. The highest BCUT2D eigenvalue weighted by Crippen LogP contribution is 2.30. The zero-order chi connectivity index (χ0) is 14.8. The third kappa shape index (κ3) is 3.74. The van der Waals surface area contributed by atoms with Gasteiger partial charge in [-0.25, -0.2) is 0 Å². The van der Waals surface area contributed by atoms with Crippen molar-refractivity contribution in [2.75, 3.05) is 13.6 Å². The molecule has 0 aliphatic heterocycles. The van der Waals surface area contributed by atoms with Gasteiger partial charge in [0.2, 0.25) is 5.91 Å². The van der Waals surface area contributed by atoms with Gasteiger partial charge in [-0.05, 0) is 30.4 Å². The molecule has 0 radical (unpaired) electrons. The van der Waals surface area contributed by atoms with Crippen molar-refractivity contribution in [1.82, 2.24) is 4.90 Å². The van der Waals surface area contributed by atoms with Crippen molar-refractivity contribution in [1.29, 1.82) is 0 Å². The Morgan fingerprint density at radius 2 is 2.05 bits per heavy atom. The molecular weight excluding hydrogens is 267 g/mol. The van der Waals surface area contributed by atoms with Gasteiger partial charge in [0.15, 0.2) is 0 Å². The summed E-state index contributed by atoms with van der Waals surface area (Å²) in [5.41, 5.74) is -0.297. The summed E-state index contributed by atoms with van der Waals surface area (Å²) in [5.74, 6) is 0.432. The number of carbonyl (C=O) groups excluding carboxylic acids is 1. The molecule has 0 bridgehead atoms. The van der Waals surface area contributed by atoms with Crippen molar-refractivity contribution >= 4 is 5.91 Å². The average Bonchev–Trinajstić information content (AvgIpc) is 2.32. The first-order chi connectivity index (χ1) is 9.36. The van der Waals surface area contributed by atoms with Crippen LogP contribution in [0.3, 0.4) is 0 Å². The van der Waals surface area contributed by atoms with Crippen LogP contribution in [0.15, 0.2) is 24.3 Å². The number of alkyl halides is 3. The van der Waals surface area contributed by atoms with E-state index in [4.69, 9.17) is 0 Å². The van der Waals surface area contributed by atoms with E-state index in [1.807, 2.05) is 0 Å². The van der Waals surface area contributed by atoms with Crippen molar-refractivity contribution in [3.8, 4) is 0 Å². The summed E-state index contributed by atoms with van der Waals surface area (Å²) in [5, 5.41) is 0. The molecule has 2 rings (SSSR count). The first-order valence-corrected chi connectivity index (χ1v) is 6.76. The van der Waals surface area contributed by atoms with Gasteiger partial charge in [-0.3, -0.25) is 4.79 Å². The summed E-state index contributed by atoms with van der Waals surface area (Å²) >= 11 is 0. The molecule has 1 amide bonds. The minimum atomic E-state index is -4.36. The molecule has 20 heavy (non-hydrogen) atoms. The van der Waals surface area contributed by atoms with E-state index in [-0.39, 0.29) is 12.3 Å². The summed E-state index contributed by atoms with van der Waals surface area (Å²) in [7, 11) is 1.72. The Morgan fingerprint density at radius 1 is 1.35 bits per heavy atom. The van der Waals surface area contributed by atoms with Gasteiger partial charge >= 0.3 is 6.18 Å². The van der Waals surface area contributed by atoms with Gasteiger partial charge < -0.3 is 4.90 Å². The number of rotatable bonds is 4. The third-order valence-electron chi connectivity index (χ3n) is 3.79. The first kappa shape index (κ1) is 14.9. The number of hydrogen-bond donors (Lipinski definition) is 0. The molecule has 0 aromatic heterocycles. The standard InChI is InChI=1S/C15H18F3NO/c1-19(10-11-4-2-5-11)14(20)9-12-6-3-7-13(8-12)15(16,17)18/h3,6-8,11H,2,4-5,9-10H2,1H3. The second-order valence-corrected chi connectivity index (χ2v) is 5.45. The highest BCUT2D eigenvalue weighted by atomic mass is 19.4. The van der Waals surface area contributed by atoms with Crippen molar-refractivity contribution in [3.63, 3.8) is 0 Å². The molecule has 1 aromatic rings. The highest BCUT2D eigenvalue weighted by molar-refractivity contribution is 5.78. The molecule has 5 heteroatoms. The lowest BCUT2D eigenvalue weighted by Gasteiger charge is -2.30. The van der Waals surface area contributed by atoms with Gasteiger partial charge in [-0.15, -0.1) is 0 Å². The first-order valence-electron chi connectivity index (χ1n) is 6.76. The van der Waals surface area contributed by atoms with Crippen LogP contribution in [-0.4, -0.2) is 24.4 Å². The predicted octanol–water partition coefficient (Wildman–Crippen LogP) is 3.51. The summed E-state index contributed by atoms with van der Waals surface area (Å²) < 4.78 is 37.8. The SMILES string of the molecule is CN(CC1CCC1)C(=O)Cc1cccc(C(F)(F)F)c1. The number of carbonyl (C=O) groups is 1. The highest BCUT2D eigenvalue weighted by Gasteiger charge is 2.30. The Morgan fingerprint density at radius 3 is 2.60 bits per heavy atom. The molecule has 0 atom stereocenters. The molecule has 1 aliphatic rings. The fraction of sp³-hybridized carbons (Fsp3) is 0.533. The summed E-state index contributed by atoms with van der Waals surface area (Å²) in [6.07, 6.45) is -0.854. The fourth-order valence-corrected chi connectivity index (χ4v) is 2.33. The number of halogens is 3. The molecule has 0 heterocycles. The minimum absolute atomic E-state index is 0.0210. The molecule has 1 aliphatic carbocycles. The molecular formula is C15H18F3NO. The zero-order valence-corrected chi connectivity index (χ0v) is 11.4. The van der Waals surface area contributed by atoms with Crippen LogP contribution in [-0.2, 0) is 17.4 Å². The maximum absolute atomic E-state index is 12.6. The van der Waals surface area contributed by atoms with Crippen molar-refractivity contribution in [3.05, 3.63) is 35.4 Å². The average molecular weight is 285 g/mol. The molecule has 0 spiro atoms. The largest absolute Gasteiger partial charge is 0.416 e. The van der Waals surface area contributed by atoms with Gasteiger partial charge in [0.05, 0.1) is 12.0 Å². The summed E-state index contributed by atoms with van der Waals surface area (Å²) in [4.78, 5) is 13.6. The molecule has 110 valence electrons. The van der Waals surface area contributed by atoms with Crippen LogP contribution in [0.25, 0.3) is 0 Å². The zero-order valence-electron chi connectivity index (χ0n) is 11.4. The van der Waals surface area contributed by atoms with Gasteiger partial charge in [-0.2, -0.15) is 13.2 Å². The topological polar surface area (TPSA) is 20.3 Å². The predicted molar refractivity (Wildman–Crippen MR) is 70.1 cm³/mol. The second-order valence-electron chi connectivity index (χ2n) is 5.45. The molecule has 2 nitrogen and oxygen atoms in total. The van der Waals surface area contributed by atoms with E-state index >= 15 is 0 Å². The second kappa shape index (κ2) is 5.85. The lowest BCUT2D eigenvalue weighted by atomic mass is 9.85. The minimum Gasteiger partial charge on any atom is -0.345 e. The lowest BCUT2D eigenvalue weighted by molar-refractivity contribution is -0.138. The smallest absolute Gasteiger partial charge is 0.345 e. The van der Waals surface area contributed by atoms with Crippen molar-refractivity contribution in [2.24, 2.45) is 5.92 Å². The number of hydrogen-bond acceptors (Lipinski definition) is 1. The molecule has 1 fully saturated rings. The van der Waals surface area contributed by atoms with Crippen molar-refractivity contribution < 1.29 is 18.0 Å². The molecule has 0 saturated heterocycles. The molecule has 1 saturated carbocycles. The van der Waals surface area contributed by atoms with E-state index < -0.39 is 11.7 Å². The normalized spacial score (nSPS) is 15.8. The Hall–Kier alpha value is -1.52. The van der Waals surface area contributed by atoms with Crippen LogP contribution in [0.2, 0.25) is 0 Å². The Bertz CT molecular complexity index is 480. The van der Waals surface area contributed by atoms with Crippen LogP contribution in [0.4, 0.5) is 13.2 Å². The van der Waals surface area contributed by atoms with Gasteiger partial charge in [0, 0.05) is 13.6 Å². The maximum Gasteiger partial charge on any atom is 0.416 e. The van der Waals surface area contributed by atoms with Gasteiger partial charge in [0.25, 0.3) is 0 Å². The van der Waals surface area contributed by atoms with Crippen LogP contribution in [0.5, 0.6) is 0 Å². The van der Waals surface area contributed by atoms with Crippen LogP contribution >= 0.6 is 0 Å². The van der Waals surface area contributed by atoms with E-state index in [9.17, 15) is 18.0 Å². The number of likely N-dealkylation sites (N-methyl/N-ethyl adjacent to an activating group) is 1. The van der Waals surface area contributed by atoms with Gasteiger partial charge in [-0.1, -0.05) is 24.6 Å². The molecule has 1 aromatic carbocycles. The maximum atomic E-state index is 12.6. The quantitative estimate of drug-likeness (QED) is 0.829. The van der Waals surface area contributed by atoms with Crippen molar-refractivity contribution in [2.45, 2.75) is 31.9 Å². The monoisotopic (exact) mass is 285 g/mol. The van der Waals surface area contributed by atoms with E-state index in [0.717, 1.165) is 25.0 Å². The van der Waals surface area contributed by atoms with E-state index in [0.29, 0.717) is 18.0 Å². The lowest BCUT2D eigenvalue weighted by Crippen LogP contribution is -2.35. The van der Waals surface area contributed by atoms with Crippen LogP contribution < -0.4 is 0 Å². The third-order valence-corrected chi connectivity index (χ3v) is 3.79. The Balaban J connectivity index is 1.96. The van der Waals surface area contributed by atoms with Gasteiger partial charge in [0.1, 0.15) is 0 Å².